The summed E-state index contributed by atoms with van der Waals surface area (Å²) in [6, 6.07) is 18.7. The minimum Gasteiger partial charge on any atom is -0.426 e. The van der Waals surface area contributed by atoms with E-state index in [2.05, 4.69) is 18.7 Å². The van der Waals surface area contributed by atoms with E-state index in [0.29, 0.717) is 17.0 Å². The number of benzene rings is 3. The zero-order valence-electron chi connectivity index (χ0n) is 24.2. The second-order valence-electron chi connectivity index (χ2n) is 10.4. The number of rotatable bonds is 15. The summed E-state index contributed by atoms with van der Waals surface area (Å²) >= 11 is 4.95. The summed E-state index contributed by atoms with van der Waals surface area (Å²) in [6.45, 7) is 5.86. The highest BCUT2D eigenvalue weighted by atomic mass is 32.1. The van der Waals surface area contributed by atoms with Crippen molar-refractivity contribution in [1.29, 1.82) is 0 Å². The molecule has 0 radical (unpaired) electrons. The topological polar surface area (TPSA) is 148 Å². The zero-order chi connectivity index (χ0) is 31.5. The van der Waals surface area contributed by atoms with Crippen LogP contribution in [0.15, 0.2) is 66.7 Å². The van der Waals surface area contributed by atoms with Gasteiger partial charge in [-0.05, 0) is 71.8 Å². The number of nitrogens with two attached hydrogens (primary N) is 1. The van der Waals surface area contributed by atoms with Crippen molar-refractivity contribution in [2.45, 2.75) is 52.4 Å². The van der Waals surface area contributed by atoms with Crippen LogP contribution < -0.4 is 15.2 Å². The van der Waals surface area contributed by atoms with Crippen LogP contribution in [0, 0.1) is 16.0 Å². The summed E-state index contributed by atoms with van der Waals surface area (Å²) in [6.07, 6.45) is 0.842. The first-order valence-electron chi connectivity index (χ1n) is 13.8. The van der Waals surface area contributed by atoms with Gasteiger partial charge in [-0.2, -0.15) is 0 Å². The highest BCUT2D eigenvalue weighted by Gasteiger charge is 2.21. The third kappa shape index (κ3) is 10.3. The minimum absolute atomic E-state index is 0.0320. The van der Waals surface area contributed by atoms with Gasteiger partial charge in [-0.3, -0.25) is 9.59 Å². The van der Waals surface area contributed by atoms with Crippen LogP contribution in [0.2, 0.25) is 0 Å². The number of Topliss-reactive ketones (excluding diaryl/α,β-unsaturated/α-hetero) is 1. The lowest BCUT2D eigenvalue weighted by molar-refractivity contribution is -0.757. The van der Waals surface area contributed by atoms with Crippen LogP contribution in [0.3, 0.4) is 0 Å². The van der Waals surface area contributed by atoms with Gasteiger partial charge in [0.15, 0.2) is 0 Å². The van der Waals surface area contributed by atoms with E-state index in [-0.39, 0.29) is 59.6 Å². The van der Waals surface area contributed by atoms with Crippen molar-refractivity contribution < 1.29 is 33.8 Å². The molecule has 2 N–H and O–H groups in total. The van der Waals surface area contributed by atoms with E-state index < -0.39 is 17.0 Å². The molecule has 0 aliphatic rings. The lowest BCUT2D eigenvalue weighted by Crippen LogP contribution is -2.17. The van der Waals surface area contributed by atoms with E-state index in [9.17, 15) is 24.5 Å². The van der Waals surface area contributed by atoms with E-state index in [1.165, 1.54) is 29.8 Å². The molecule has 0 aromatic heterocycles. The van der Waals surface area contributed by atoms with Crippen molar-refractivity contribution in [3.63, 3.8) is 0 Å². The maximum atomic E-state index is 13.2. The zero-order valence-corrected chi connectivity index (χ0v) is 25.1. The number of thiocarbonyl (C=S) groups is 1. The fourth-order valence-corrected chi connectivity index (χ4v) is 4.40. The lowest BCUT2D eigenvalue weighted by atomic mass is 9.91. The Morgan fingerprint density at radius 2 is 1.58 bits per heavy atom. The molecule has 3 rings (SSSR count). The molecule has 1 unspecified atom stereocenters. The van der Waals surface area contributed by atoms with Crippen molar-refractivity contribution in [2.24, 2.45) is 11.7 Å². The van der Waals surface area contributed by atoms with Crippen LogP contribution in [0.5, 0.6) is 11.5 Å². The summed E-state index contributed by atoms with van der Waals surface area (Å²) in [5.74, 6) is -1.32. The molecule has 3 aromatic carbocycles. The van der Waals surface area contributed by atoms with E-state index in [4.69, 9.17) is 27.4 Å². The van der Waals surface area contributed by atoms with Gasteiger partial charge < -0.3 is 20.0 Å². The van der Waals surface area contributed by atoms with Crippen LogP contribution in [0.4, 0.5) is 0 Å². The number of hydrogen-bond acceptors (Lipinski definition) is 9. The number of nitrogens with zero attached hydrogens (tertiary/aromatic N) is 1. The second kappa shape index (κ2) is 15.5. The number of ether oxygens (including phenoxy) is 2. The number of esters is 2. The van der Waals surface area contributed by atoms with E-state index in [1.807, 2.05) is 31.2 Å². The van der Waals surface area contributed by atoms with E-state index >= 15 is 0 Å². The number of ketones is 1. The van der Waals surface area contributed by atoms with Gasteiger partial charge in [0.25, 0.3) is 5.09 Å². The van der Waals surface area contributed by atoms with Crippen LogP contribution in [-0.4, -0.2) is 34.4 Å². The molecule has 0 heterocycles. The number of carbonyl (C=O) groups is 3. The molecule has 226 valence electrons. The SMILES string of the molecule is CC(C)Cc1ccc(C(C)C(=O)Cc2ccc(OC(=O)CCCO[N+](=O)[O-])c(C(=O)Oc3ccc(C(N)=S)cc3)c2)cc1. The Bertz CT molecular complexity index is 1470. The van der Waals surface area contributed by atoms with Crippen molar-refractivity contribution in [1.82, 2.24) is 0 Å². The van der Waals surface area contributed by atoms with Gasteiger partial charge in [-0.25, -0.2) is 4.79 Å². The third-order valence-corrected chi connectivity index (χ3v) is 6.78. The fraction of sp³-hybridized carbons (Fsp3) is 0.312. The molecule has 0 saturated heterocycles. The van der Waals surface area contributed by atoms with Gasteiger partial charge >= 0.3 is 11.9 Å². The minimum atomic E-state index is -0.949. The molecular weight excluding hydrogens is 572 g/mol. The van der Waals surface area contributed by atoms with Gasteiger partial charge in [0.2, 0.25) is 0 Å². The van der Waals surface area contributed by atoms with Gasteiger partial charge in [-0.1, -0.05) is 63.3 Å². The van der Waals surface area contributed by atoms with Crippen molar-refractivity contribution in [3.8, 4) is 11.5 Å². The Hall–Kier alpha value is -4.64. The average molecular weight is 607 g/mol. The van der Waals surface area contributed by atoms with Gasteiger partial charge in [0.05, 0.1) is 6.61 Å². The van der Waals surface area contributed by atoms with Crippen LogP contribution in [0.1, 0.15) is 72.1 Å². The predicted octanol–water partition coefficient (Wildman–Crippen LogP) is 5.55. The standard InChI is InChI=1S/C32H34N2O8S/c1-20(2)17-22-6-9-24(10-7-22)21(3)28(35)19-23-8-15-29(42-30(36)5-4-16-40-34(38)39)27(18-23)32(37)41-26-13-11-25(12-14-26)31(33)43/h6-15,18,20-21H,4-5,16-17,19H2,1-3H3,(H2,33,43). The first-order chi connectivity index (χ1) is 20.4. The summed E-state index contributed by atoms with van der Waals surface area (Å²) in [5.41, 5.74) is 8.78. The smallest absolute Gasteiger partial charge is 0.347 e. The molecule has 10 nitrogen and oxygen atoms in total. The lowest BCUT2D eigenvalue weighted by Gasteiger charge is -2.14. The highest BCUT2D eigenvalue weighted by molar-refractivity contribution is 7.80. The van der Waals surface area contributed by atoms with E-state index in [1.54, 1.807) is 18.2 Å². The molecule has 43 heavy (non-hydrogen) atoms. The molecule has 11 heteroatoms. The largest absolute Gasteiger partial charge is 0.426 e. The molecule has 0 amide bonds. The van der Waals surface area contributed by atoms with E-state index in [0.717, 1.165) is 12.0 Å². The number of hydrogen-bond donors (Lipinski definition) is 1. The Morgan fingerprint density at radius 1 is 0.930 bits per heavy atom. The monoisotopic (exact) mass is 606 g/mol. The Balaban J connectivity index is 1.79. The summed E-state index contributed by atoms with van der Waals surface area (Å²) in [4.78, 5) is 53.6. The summed E-state index contributed by atoms with van der Waals surface area (Å²) < 4.78 is 10.9. The quantitative estimate of drug-likeness (QED) is 0.0583. The Morgan fingerprint density at radius 3 is 2.19 bits per heavy atom. The molecule has 3 aromatic rings. The molecular formula is C32H34N2O8S. The molecule has 0 aliphatic carbocycles. The van der Waals surface area contributed by atoms with Crippen LogP contribution >= 0.6 is 12.2 Å². The Labute approximate surface area is 255 Å². The fourth-order valence-electron chi connectivity index (χ4n) is 4.27. The highest BCUT2D eigenvalue weighted by Crippen LogP contribution is 2.26. The molecule has 0 bridgehead atoms. The molecule has 0 saturated carbocycles. The maximum Gasteiger partial charge on any atom is 0.347 e. The van der Waals surface area contributed by atoms with Crippen LogP contribution in [0.25, 0.3) is 0 Å². The third-order valence-electron chi connectivity index (χ3n) is 6.54. The first kappa shape index (κ1) is 32.9. The summed E-state index contributed by atoms with van der Waals surface area (Å²) in [5, 5.41) is 9.37. The normalized spacial score (nSPS) is 11.4. The average Bonchev–Trinajstić information content (AvgIpc) is 2.96. The Kier molecular flexibility index (Phi) is 11.9. The summed E-state index contributed by atoms with van der Waals surface area (Å²) in [7, 11) is 0. The van der Waals surface area contributed by atoms with Gasteiger partial charge in [0.1, 0.15) is 27.8 Å². The van der Waals surface area contributed by atoms with Gasteiger partial charge in [0, 0.05) is 24.3 Å². The maximum absolute atomic E-state index is 13.2. The molecule has 1 atom stereocenters. The second-order valence-corrected chi connectivity index (χ2v) is 10.9. The molecule has 0 fully saturated rings. The molecule has 0 aliphatic heterocycles. The number of carbonyl (C=O) groups excluding carboxylic acids is 3. The van der Waals surface area contributed by atoms with Crippen LogP contribution in [-0.2, 0) is 27.3 Å². The first-order valence-corrected chi connectivity index (χ1v) is 14.2. The van der Waals surface area contributed by atoms with Crippen molar-refractivity contribution >= 4 is 34.9 Å². The van der Waals surface area contributed by atoms with Crippen molar-refractivity contribution in [3.05, 3.63) is 105 Å². The predicted molar refractivity (Wildman–Crippen MR) is 164 cm³/mol. The van der Waals surface area contributed by atoms with Crippen molar-refractivity contribution in [2.75, 3.05) is 6.61 Å². The van der Waals surface area contributed by atoms with Gasteiger partial charge in [-0.15, -0.1) is 10.1 Å². The molecule has 0 spiro atoms.